The van der Waals surface area contributed by atoms with Crippen LogP contribution in [-0.4, -0.2) is 36.1 Å². The van der Waals surface area contributed by atoms with Crippen molar-refractivity contribution in [2.45, 2.75) is 6.92 Å². The molecular formula is C19H17N3O5. The smallest absolute Gasteiger partial charge is 0.322 e. The van der Waals surface area contributed by atoms with Crippen LogP contribution < -0.4 is 14.8 Å². The third-order valence-electron chi connectivity index (χ3n) is 3.80. The summed E-state index contributed by atoms with van der Waals surface area (Å²) in [5.41, 5.74) is 1.48. The van der Waals surface area contributed by atoms with E-state index in [4.69, 9.17) is 13.9 Å². The van der Waals surface area contributed by atoms with Gasteiger partial charge in [-0.25, -0.2) is 0 Å². The van der Waals surface area contributed by atoms with E-state index in [9.17, 15) is 9.59 Å². The van der Waals surface area contributed by atoms with Gasteiger partial charge in [-0.1, -0.05) is 17.2 Å². The fraction of sp³-hybridized carbons (Fsp3) is 0.158. The number of ether oxygens (including phenoxy) is 2. The van der Waals surface area contributed by atoms with Gasteiger partial charge in [0.1, 0.15) is 11.5 Å². The Morgan fingerprint density at radius 3 is 2.07 bits per heavy atom. The number of benzene rings is 2. The molecule has 0 saturated carbocycles. The van der Waals surface area contributed by atoms with Crippen LogP contribution in [0.3, 0.4) is 0 Å². The van der Waals surface area contributed by atoms with Gasteiger partial charge in [-0.2, -0.15) is 0 Å². The number of amides is 1. The molecule has 1 N–H and O–H groups in total. The fourth-order valence-electron chi connectivity index (χ4n) is 2.35. The van der Waals surface area contributed by atoms with Gasteiger partial charge in [0.05, 0.1) is 14.2 Å². The van der Waals surface area contributed by atoms with Crippen molar-refractivity contribution in [2.24, 2.45) is 0 Å². The third-order valence-corrected chi connectivity index (χ3v) is 3.80. The van der Waals surface area contributed by atoms with Crippen molar-refractivity contribution in [3.05, 3.63) is 53.6 Å². The summed E-state index contributed by atoms with van der Waals surface area (Å²) < 4.78 is 15.9. The molecule has 0 spiro atoms. The Bertz CT molecular complexity index is 957. The zero-order valence-electron chi connectivity index (χ0n) is 15.0. The van der Waals surface area contributed by atoms with Crippen LogP contribution in [0.15, 0.2) is 46.9 Å². The van der Waals surface area contributed by atoms with E-state index in [-0.39, 0.29) is 17.7 Å². The van der Waals surface area contributed by atoms with Gasteiger partial charge in [0.15, 0.2) is 5.78 Å². The number of anilines is 1. The van der Waals surface area contributed by atoms with E-state index in [1.165, 1.54) is 21.1 Å². The predicted octanol–water partition coefficient (Wildman–Crippen LogP) is 3.21. The van der Waals surface area contributed by atoms with Crippen LogP contribution in [0.2, 0.25) is 0 Å². The first-order valence-electron chi connectivity index (χ1n) is 7.99. The first kappa shape index (κ1) is 18.1. The summed E-state index contributed by atoms with van der Waals surface area (Å²) in [5.74, 6) is 0.840. The lowest BCUT2D eigenvalue weighted by Crippen LogP contribution is -2.12. The highest BCUT2D eigenvalue weighted by molar-refractivity contribution is 6.04. The van der Waals surface area contributed by atoms with Crippen LogP contribution in [0, 0.1) is 0 Å². The number of Topliss-reactive ketones (excluding diaryl/α,β-unsaturated/α-hetero) is 1. The quantitative estimate of drug-likeness (QED) is 0.667. The summed E-state index contributed by atoms with van der Waals surface area (Å²) in [6, 6.07) is 11.4. The maximum atomic E-state index is 12.3. The van der Waals surface area contributed by atoms with Crippen LogP contribution in [0.25, 0.3) is 11.5 Å². The van der Waals surface area contributed by atoms with Crippen molar-refractivity contribution in [1.29, 1.82) is 0 Å². The van der Waals surface area contributed by atoms with Crippen molar-refractivity contribution in [2.75, 3.05) is 19.5 Å². The van der Waals surface area contributed by atoms with E-state index in [0.717, 1.165) is 0 Å². The molecule has 2 aromatic carbocycles. The van der Waals surface area contributed by atoms with E-state index in [2.05, 4.69) is 15.5 Å². The van der Waals surface area contributed by atoms with Crippen LogP contribution in [0.5, 0.6) is 11.5 Å². The molecule has 0 aliphatic carbocycles. The molecule has 0 saturated heterocycles. The SMILES string of the molecule is COc1cc(OC)cc(-c2nnc(NC(=O)c3ccc(C(C)=O)cc3)o2)c1. The van der Waals surface area contributed by atoms with Crippen LogP contribution in [0.4, 0.5) is 6.01 Å². The summed E-state index contributed by atoms with van der Waals surface area (Å²) in [5, 5.41) is 10.3. The number of nitrogens with one attached hydrogen (secondary N) is 1. The van der Waals surface area contributed by atoms with Gasteiger partial charge in [-0.3, -0.25) is 14.9 Å². The number of methoxy groups -OCH3 is 2. The molecule has 1 amide bonds. The van der Waals surface area contributed by atoms with E-state index in [1.807, 2.05) is 0 Å². The zero-order valence-corrected chi connectivity index (χ0v) is 15.0. The fourth-order valence-corrected chi connectivity index (χ4v) is 2.35. The summed E-state index contributed by atoms with van der Waals surface area (Å²) >= 11 is 0. The Hall–Kier alpha value is -3.68. The van der Waals surface area contributed by atoms with Gasteiger partial charge in [0, 0.05) is 22.8 Å². The molecule has 0 aliphatic heterocycles. The molecule has 1 heterocycles. The molecule has 8 heteroatoms. The Morgan fingerprint density at radius 1 is 0.926 bits per heavy atom. The molecule has 0 atom stereocenters. The summed E-state index contributed by atoms with van der Waals surface area (Å²) in [6.07, 6.45) is 0. The molecule has 0 unspecified atom stereocenters. The van der Waals surface area contributed by atoms with Gasteiger partial charge in [0.2, 0.25) is 5.89 Å². The van der Waals surface area contributed by atoms with Crippen LogP contribution in [-0.2, 0) is 0 Å². The van der Waals surface area contributed by atoms with Crippen LogP contribution >= 0.6 is 0 Å². The molecule has 27 heavy (non-hydrogen) atoms. The maximum Gasteiger partial charge on any atom is 0.322 e. The van der Waals surface area contributed by atoms with E-state index in [1.54, 1.807) is 42.5 Å². The molecular weight excluding hydrogens is 350 g/mol. The summed E-state index contributed by atoms with van der Waals surface area (Å²) in [7, 11) is 3.07. The molecule has 3 aromatic rings. The molecule has 3 rings (SSSR count). The van der Waals surface area contributed by atoms with Crippen molar-refractivity contribution < 1.29 is 23.5 Å². The van der Waals surface area contributed by atoms with E-state index in [0.29, 0.717) is 28.2 Å². The molecule has 0 fully saturated rings. The number of nitrogens with zero attached hydrogens (tertiary/aromatic N) is 2. The highest BCUT2D eigenvalue weighted by Gasteiger charge is 2.15. The average molecular weight is 367 g/mol. The summed E-state index contributed by atoms with van der Waals surface area (Å²) in [4.78, 5) is 23.6. The van der Waals surface area contributed by atoms with Crippen molar-refractivity contribution >= 4 is 17.7 Å². The lowest BCUT2D eigenvalue weighted by atomic mass is 10.1. The van der Waals surface area contributed by atoms with Gasteiger partial charge in [-0.05, 0) is 31.2 Å². The minimum absolute atomic E-state index is 0.0487. The largest absolute Gasteiger partial charge is 0.497 e. The molecule has 0 aliphatic rings. The number of carbonyl (C=O) groups excluding carboxylic acids is 2. The topological polar surface area (TPSA) is 104 Å². The van der Waals surface area contributed by atoms with Crippen LogP contribution in [0.1, 0.15) is 27.6 Å². The Balaban J connectivity index is 1.78. The lowest BCUT2D eigenvalue weighted by molar-refractivity contribution is 0.100. The second-order valence-electron chi connectivity index (χ2n) is 5.60. The number of hydrogen-bond donors (Lipinski definition) is 1. The Labute approximate surface area is 155 Å². The van der Waals surface area contributed by atoms with Crippen molar-refractivity contribution in [3.63, 3.8) is 0 Å². The number of aromatic nitrogens is 2. The van der Waals surface area contributed by atoms with E-state index < -0.39 is 5.91 Å². The monoisotopic (exact) mass is 367 g/mol. The highest BCUT2D eigenvalue weighted by Crippen LogP contribution is 2.29. The third kappa shape index (κ3) is 4.12. The second-order valence-corrected chi connectivity index (χ2v) is 5.60. The molecule has 8 nitrogen and oxygen atoms in total. The van der Waals surface area contributed by atoms with Gasteiger partial charge < -0.3 is 13.9 Å². The van der Waals surface area contributed by atoms with E-state index >= 15 is 0 Å². The Kier molecular flexibility index (Phi) is 5.16. The number of carbonyl (C=O) groups is 2. The lowest BCUT2D eigenvalue weighted by Gasteiger charge is -2.05. The normalized spacial score (nSPS) is 10.3. The average Bonchev–Trinajstić information content (AvgIpc) is 3.16. The number of hydrogen-bond acceptors (Lipinski definition) is 7. The van der Waals surface area contributed by atoms with Gasteiger partial charge in [-0.15, -0.1) is 5.10 Å². The standard InChI is InChI=1S/C19H17N3O5/c1-11(23)12-4-6-13(7-5-12)17(24)20-19-22-21-18(27-19)14-8-15(25-2)10-16(9-14)26-3/h4-10H,1-3H3,(H,20,22,24). The minimum Gasteiger partial charge on any atom is -0.497 e. The summed E-state index contributed by atoms with van der Waals surface area (Å²) in [6.45, 7) is 1.46. The highest BCUT2D eigenvalue weighted by atomic mass is 16.5. The Morgan fingerprint density at radius 2 is 1.52 bits per heavy atom. The molecule has 138 valence electrons. The second kappa shape index (κ2) is 7.69. The zero-order chi connectivity index (χ0) is 19.4. The minimum atomic E-state index is -0.427. The first-order chi connectivity index (χ1) is 13.0. The number of ketones is 1. The predicted molar refractivity (Wildman–Crippen MR) is 97.2 cm³/mol. The molecule has 0 bridgehead atoms. The first-order valence-corrected chi connectivity index (χ1v) is 7.99. The molecule has 1 aromatic heterocycles. The van der Waals surface area contributed by atoms with Crippen molar-refractivity contribution in [1.82, 2.24) is 10.2 Å². The van der Waals surface area contributed by atoms with Gasteiger partial charge in [0.25, 0.3) is 5.91 Å². The van der Waals surface area contributed by atoms with Gasteiger partial charge >= 0.3 is 6.01 Å². The van der Waals surface area contributed by atoms with Crippen molar-refractivity contribution in [3.8, 4) is 23.0 Å². The maximum absolute atomic E-state index is 12.3. The molecule has 0 radical (unpaired) electrons. The number of rotatable bonds is 6.